The zero-order chi connectivity index (χ0) is 22.7. The van der Waals surface area contributed by atoms with E-state index < -0.39 is 36.2 Å². The predicted octanol–water partition coefficient (Wildman–Crippen LogP) is -0.672. The molecule has 12 nitrogen and oxygen atoms in total. The Kier molecular flexibility index (Phi) is 6.63. The number of hydrogen-bond acceptors (Lipinski definition) is 11. The fraction of sp³-hybridized carbons (Fsp3) is 0.421. The highest BCUT2D eigenvalue weighted by atomic mass is 16.6. The van der Waals surface area contributed by atoms with E-state index in [4.69, 9.17) is 29.4 Å². The van der Waals surface area contributed by atoms with Crippen molar-refractivity contribution in [2.45, 2.75) is 24.5 Å². The van der Waals surface area contributed by atoms with Gasteiger partial charge in [0.2, 0.25) is 5.75 Å². The Labute approximate surface area is 176 Å². The van der Waals surface area contributed by atoms with E-state index in [9.17, 15) is 19.8 Å². The molecular weight excluding hydrogens is 414 g/mol. The third-order valence-corrected chi connectivity index (χ3v) is 4.74. The highest BCUT2D eigenvalue weighted by molar-refractivity contribution is 5.91. The van der Waals surface area contributed by atoms with Gasteiger partial charge >= 0.3 is 11.7 Å². The molecule has 2 aromatic rings. The summed E-state index contributed by atoms with van der Waals surface area (Å²) in [5, 5.41) is 20.5. The van der Waals surface area contributed by atoms with Gasteiger partial charge in [-0.05, 0) is 18.2 Å². The first-order valence-corrected chi connectivity index (χ1v) is 9.14. The molecule has 168 valence electrons. The van der Waals surface area contributed by atoms with Crippen LogP contribution in [-0.4, -0.2) is 72.0 Å². The molecule has 0 amide bonds. The lowest BCUT2D eigenvalue weighted by atomic mass is 10.1. The summed E-state index contributed by atoms with van der Waals surface area (Å²) in [7, 11) is 4.25. The van der Waals surface area contributed by atoms with Crippen LogP contribution in [0.5, 0.6) is 17.2 Å². The Morgan fingerprint density at radius 1 is 1.16 bits per heavy atom. The average molecular weight is 437 g/mol. The van der Waals surface area contributed by atoms with Crippen LogP contribution in [0.1, 0.15) is 16.6 Å². The molecule has 1 aromatic carbocycles. The predicted molar refractivity (Wildman–Crippen MR) is 105 cm³/mol. The fourth-order valence-electron chi connectivity index (χ4n) is 3.16. The number of aromatic nitrogens is 2. The van der Waals surface area contributed by atoms with Gasteiger partial charge in [-0.15, -0.1) is 0 Å². The van der Waals surface area contributed by atoms with Gasteiger partial charge in [0.15, 0.2) is 17.7 Å². The van der Waals surface area contributed by atoms with E-state index in [0.717, 1.165) is 4.57 Å². The van der Waals surface area contributed by atoms with Crippen molar-refractivity contribution < 1.29 is 38.7 Å². The molecule has 4 N–H and O–H groups in total. The zero-order valence-corrected chi connectivity index (χ0v) is 17.0. The maximum atomic E-state index is 12.5. The second kappa shape index (κ2) is 9.20. The molecule has 12 heteroatoms. The molecule has 1 fully saturated rings. The summed E-state index contributed by atoms with van der Waals surface area (Å²) in [6, 6.07) is 4.17. The van der Waals surface area contributed by atoms with Crippen LogP contribution < -0.4 is 25.6 Å². The smallest absolute Gasteiger partial charge is 0.351 e. The maximum absolute atomic E-state index is 12.5. The minimum absolute atomic E-state index is 0.00473. The van der Waals surface area contributed by atoms with Crippen molar-refractivity contribution in [1.29, 1.82) is 0 Å². The molecule has 0 saturated carbocycles. The topological polar surface area (TPSA) is 165 Å². The molecule has 0 aliphatic carbocycles. The first-order valence-electron chi connectivity index (χ1n) is 9.14. The SMILES string of the molecule is COc1cc(C(=O)OCC2OC(n3ccc(N)nc3=O)C(O)C2O)cc(OC)c1OC. The molecule has 1 saturated heterocycles. The van der Waals surface area contributed by atoms with Crippen LogP contribution >= 0.6 is 0 Å². The van der Waals surface area contributed by atoms with Crippen LogP contribution in [0.4, 0.5) is 5.82 Å². The van der Waals surface area contributed by atoms with Gasteiger partial charge in [-0.2, -0.15) is 4.98 Å². The summed E-state index contributed by atoms with van der Waals surface area (Å²) in [4.78, 5) is 28.1. The number of carbonyl (C=O) groups is 1. The summed E-state index contributed by atoms with van der Waals surface area (Å²) >= 11 is 0. The molecule has 0 bridgehead atoms. The van der Waals surface area contributed by atoms with Gasteiger partial charge < -0.3 is 39.6 Å². The van der Waals surface area contributed by atoms with E-state index in [0.29, 0.717) is 5.75 Å². The van der Waals surface area contributed by atoms with Crippen molar-refractivity contribution in [3.8, 4) is 17.2 Å². The molecule has 1 aliphatic rings. The quantitative estimate of drug-likeness (QED) is 0.470. The van der Waals surface area contributed by atoms with Crippen LogP contribution in [0.15, 0.2) is 29.2 Å². The van der Waals surface area contributed by atoms with Gasteiger partial charge in [0.05, 0.1) is 26.9 Å². The minimum Gasteiger partial charge on any atom is -0.493 e. The van der Waals surface area contributed by atoms with Gasteiger partial charge in [0.25, 0.3) is 0 Å². The van der Waals surface area contributed by atoms with E-state index in [1.54, 1.807) is 0 Å². The lowest BCUT2D eigenvalue weighted by Crippen LogP contribution is -2.36. The lowest BCUT2D eigenvalue weighted by Gasteiger charge is -2.17. The van der Waals surface area contributed by atoms with E-state index in [-0.39, 0.29) is 29.5 Å². The Hall–Kier alpha value is -3.35. The maximum Gasteiger partial charge on any atom is 0.351 e. The summed E-state index contributed by atoms with van der Waals surface area (Å²) in [6.45, 7) is -0.388. The van der Waals surface area contributed by atoms with Gasteiger partial charge in [-0.1, -0.05) is 0 Å². The number of esters is 1. The lowest BCUT2D eigenvalue weighted by molar-refractivity contribution is -0.0598. The van der Waals surface area contributed by atoms with Crippen molar-refractivity contribution in [2.24, 2.45) is 0 Å². The molecule has 2 heterocycles. The Morgan fingerprint density at radius 3 is 2.35 bits per heavy atom. The van der Waals surface area contributed by atoms with E-state index in [2.05, 4.69) is 4.98 Å². The number of anilines is 1. The third-order valence-electron chi connectivity index (χ3n) is 4.74. The van der Waals surface area contributed by atoms with Crippen LogP contribution in [-0.2, 0) is 9.47 Å². The summed E-state index contributed by atoms with van der Waals surface area (Å²) in [5.41, 5.74) is 4.80. The molecule has 4 unspecified atom stereocenters. The zero-order valence-electron chi connectivity index (χ0n) is 17.0. The van der Waals surface area contributed by atoms with Crippen molar-refractivity contribution in [1.82, 2.24) is 9.55 Å². The number of aliphatic hydroxyl groups is 2. The number of methoxy groups -OCH3 is 3. The van der Waals surface area contributed by atoms with Crippen molar-refractivity contribution >= 4 is 11.8 Å². The number of hydrogen-bond donors (Lipinski definition) is 3. The van der Waals surface area contributed by atoms with Crippen molar-refractivity contribution in [3.63, 3.8) is 0 Å². The van der Waals surface area contributed by atoms with Gasteiger partial charge in [0.1, 0.15) is 30.7 Å². The van der Waals surface area contributed by atoms with Gasteiger partial charge in [-0.3, -0.25) is 4.57 Å². The molecule has 1 aromatic heterocycles. The highest BCUT2D eigenvalue weighted by Gasteiger charge is 2.44. The van der Waals surface area contributed by atoms with E-state index in [1.807, 2.05) is 0 Å². The fourth-order valence-corrected chi connectivity index (χ4v) is 3.16. The number of nitrogens with zero attached hydrogens (tertiary/aromatic N) is 2. The minimum atomic E-state index is -1.45. The second-order valence-electron chi connectivity index (χ2n) is 6.60. The molecule has 0 radical (unpaired) electrons. The number of rotatable bonds is 7. The van der Waals surface area contributed by atoms with E-state index >= 15 is 0 Å². The number of nitrogens with two attached hydrogens (primary N) is 1. The first-order chi connectivity index (χ1) is 14.8. The average Bonchev–Trinajstić information content (AvgIpc) is 3.04. The van der Waals surface area contributed by atoms with Crippen molar-refractivity contribution in [2.75, 3.05) is 33.7 Å². The molecular formula is C19H23N3O9. The highest BCUT2D eigenvalue weighted by Crippen LogP contribution is 2.38. The van der Waals surface area contributed by atoms with Crippen molar-refractivity contribution in [3.05, 3.63) is 40.4 Å². The molecule has 4 atom stereocenters. The Bertz CT molecular complexity index is 984. The summed E-state index contributed by atoms with van der Waals surface area (Å²) < 4.78 is 27.4. The first kappa shape index (κ1) is 22.3. The summed E-state index contributed by atoms with van der Waals surface area (Å²) in [6.07, 6.45) is -3.89. The third kappa shape index (κ3) is 4.40. The molecule has 31 heavy (non-hydrogen) atoms. The molecule has 0 spiro atoms. The molecule has 1 aliphatic heterocycles. The number of nitrogen functional groups attached to an aromatic ring is 1. The standard InChI is InChI=1S/C19H23N3O9/c1-27-10-6-9(7-11(28-2)16(10)29-3)18(25)30-8-12-14(23)15(24)17(31-12)22-5-4-13(20)21-19(22)26/h4-7,12,14-15,17,23-24H,8H2,1-3H3,(H2,20,21,26). The number of ether oxygens (including phenoxy) is 5. The van der Waals surface area contributed by atoms with Crippen LogP contribution in [0.2, 0.25) is 0 Å². The molecule has 3 rings (SSSR count). The Balaban J connectivity index is 1.72. The van der Waals surface area contributed by atoms with Crippen LogP contribution in [0.3, 0.4) is 0 Å². The number of aliphatic hydroxyl groups excluding tert-OH is 2. The monoisotopic (exact) mass is 437 g/mol. The normalized spacial score (nSPS) is 22.7. The van der Waals surface area contributed by atoms with E-state index in [1.165, 1.54) is 45.7 Å². The Morgan fingerprint density at radius 2 is 1.81 bits per heavy atom. The number of benzene rings is 1. The second-order valence-corrected chi connectivity index (χ2v) is 6.60. The largest absolute Gasteiger partial charge is 0.493 e. The number of carbonyl (C=O) groups excluding carboxylic acids is 1. The van der Waals surface area contributed by atoms with Crippen LogP contribution in [0.25, 0.3) is 0 Å². The van der Waals surface area contributed by atoms with Gasteiger partial charge in [-0.25, -0.2) is 9.59 Å². The summed E-state index contributed by atoms with van der Waals surface area (Å²) in [5.74, 6) is 0.0855. The van der Waals surface area contributed by atoms with Gasteiger partial charge in [0, 0.05) is 6.20 Å². The van der Waals surface area contributed by atoms with Crippen LogP contribution in [0, 0.1) is 0 Å².